The first-order valence-electron chi connectivity index (χ1n) is 5.43. The maximum Gasteiger partial charge on any atom is 0.326 e. The third kappa shape index (κ3) is 4.96. The molecule has 0 heterocycles. The van der Waals surface area contributed by atoms with E-state index in [1.165, 1.54) is 13.2 Å². The van der Waals surface area contributed by atoms with E-state index in [4.69, 9.17) is 21.4 Å². The summed E-state index contributed by atoms with van der Waals surface area (Å²) in [6.07, 6.45) is 0.204. The molecule has 1 aromatic carbocycles. The van der Waals surface area contributed by atoms with Gasteiger partial charge in [0.1, 0.15) is 6.04 Å². The van der Waals surface area contributed by atoms with Gasteiger partial charge in [-0.1, -0.05) is 11.6 Å². The van der Waals surface area contributed by atoms with Crippen molar-refractivity contribution < 1.29 is 19.4 Å². The molecule has 0 aromatic heterocycles. The van der Waals surface area contributed by atoms with Gasteiger partial charge in [-0.15, -0.1) is 0 Å². The molecule has 0 saturated carbocycles. The minimum atomic E-state index is -1.10. The van der Waals surface area contributed by atoms with E-state index in [1.807, 2.05) is 22.6 Å². The van der Waals surface area contributed by atoms with E-state index < -0.39 is 17.9 Å². The summed E-state index contributed by atoms with van der Waals surface area (Å²) in [6, 6.07) is 3.82. The van der Waals surface area contributed by atoms with Gasteiger partial charge in [-0.25, -0.2) is 4.79 Å². The van der Waals surface area contributed by atoms with Crippen molar-refractivity contribution in [3.63, 3.8) is 0 Å². The number of carbonyl (C=O) groups excluding carboxylic acids is 1. The average Bonchev–Trinajstić information content (AvgIpc) is 2.37. The number of hydrogen-bond donors (Lipinski definition) is 2. The van der Waals surface area contributed by atoms with Gasteiger partial charge in [0, 0.05) is 29.3 Å². The van der Waals surface area contributed by atoms with Crippen LogP contribution in [0, 0.1) is 3.57 Å². The zero-order chi connectivity index (χ0) is 14.4. The summed E-state index contributed by atoms with van der Waals surface area (Å²) in [5, 5.41) is 11.9. The predicted molar refractivity (Wildman–Crippen MR) is 79.6 cm³/mol. The SMILES string of the molecule is COCCC(NC(=O)c1ccc(I)c(Cl)c1)C(=O)O. The van der Waals surface area contributed by atoms with Crippen molar-refractivity contribution >= 4 is 46.1 Å². The molecule has 0 radical (unpaired) electrons. The highest BCUT2D eigenvalue weighted by molar-refractivity contribution is 14.1. The second-order valence-corrected chi connectivity index (χ2v) is 5.34. The molecule has 2 N–H and O–H groups in total. The minimum Gasteiger partial charge on any atom is -0.480 e. The molecule has 0 fully saturated rings. The van der Waals surface area contributed by atoms with Crippen molar-refractivity contribution in [2.24, 2.45) is 0 Å². The molecule has 1 atom stereocenters. The van der Waals surface area contributed by atoms with Crippen LogP contribution < -0.4 is 5.32 Å². The van der Waals surface area contributed by atoms with Crippen molar-refractivity contribution in [1.82, 2.24) is 5.32 Å². The molecule has 1 rings (SSSR count). The van der Waals surface area contributed by atoms with Gasteiger partial charge < -0.3 is 15.2 Å². The summed E-state index contributed by atoms with van der Waals surface area (Å²) in [7, 11) is 1.47. The number of hydrogen-bond acceptors (Lipinski definition) is 3. The summed E-state index contributed by atoms with van der Waals surface area (Å²) >= 11 is 7.96. The molecule has 0 aliphatic rings. The van der Waals surface area contributed by atoms with E-state index in [9.17, 15) is 9.59 Å². The molecule has 7 heteroatoms. The van der Waals surface area contributed by atoms with Crippen LogP contribution in [0.4, 0.5) is 0 Å². The van der Waals surface area contributed by atoms with E-state index in [0.29, 0.717) is 10.6 Å². The van der Waals surface area contributed by atoms with Gasteiger partial charge in [0.05, 0.1) is 5.02 Å². The Labute approximate surface area is 129 Å². The number of carboxylic acids is 1. The Kier molecular flexibility index (Phi) is 6.53. The van der Waals surface area contributed by atoms with Crippen LogP contribution in [0.3, 0.4) is 0 Å². The first kappa shape index (κ1) is 16.2. The fourth-order valence-corrected chi connectivity index (χ4v) is 1.89. The molecule has 0 bridgehead atoms. The minimum absolute atomic E-state index is 0.204. The van der Waals surface area contributed by atoms with Gasteiger partial charge in [0.25, 0.3) is 5.91 Å². The lowest BCUT2D eigenvalue weighted by molar-refractivity contribution is -0.139. The van der Waals surface area contributed by atoms with Gasteiger partial charge in [0.2, 0.25) is 0 Å². The molecular weight excluding hydrogens is 384 g/mol. The number of halogens is 2. The zero-order valence-corrected chi connectivity index (χ0v) is 13.1. The number of carbonyl (C=O) groups is 2. The average molecular weight is 398 g/mol. The van der Waals surface area contributed by atoms with E-state index >= 15 is 0 Å². The summed E-state index contributed by atoms with van der Waals surface area (Å²) in [5.41, 5.74) is 0.328. The Morgan fingerprint density at radius 1 is 1.53 bits per heavy atom. The van der Waals surface area contributed by atoms with E-state index in [-0.39, 0.29) is 13.0 Å². The van der Waals surface area contributed by atoms with E-state index in [0.717, 1.165) is 3.57 Å². The fraction of sp³-hybridized carbons (Fsp3) is 0.333. The second-order valence-electron chi connectivity index (χ2n) is 3.77. The highest BCUT2D eigenvalue weighted by Crippen LogP contribution is 2.19. The summed E-state index contributed by atoms with van der Waals surface area (Å²) in [6.45, 7) is 0.255. The molecule has 0 aliphatic heterocycles. The summed E-state index contributed by atoms with van der Waals surface area (Å²) < 4.78 is 5.63. The topological polar surface area (TPSA) is 75.6 Å². The van der Waals surface area contributed by atoms with Gasteiger partial charge in [-0.3, -0.25) is 4.79 Å². The summed E-state index contributed by atoms with van der Waals surface area (Å²) in [5.74, 6) is -1.57. The van der Waals surface area contributed by atoms with Crippen molar-refractivity contribution in [3.05, 3.63) is 32.4 Å². The first-order chi connectivity index (χ1) is 8.95. The number of ether oxygens (including phenoxy) is 1. The van der Waals surface area contributed by atoms with Crippen LogP contribution in [-0.4, -0.2) is 36.7 Å². The highest BCUT2D eigenvalue weighted by Gasteiger charge is 2.20. The van der Waals surface area contributed by atoms with E-state index in [1.54, 1.807) is 12.1 Å². The fourth-order valence-electron chi connectivity index (χ4n) is 1.37. The lowest BCUT2D eigenvalue weighted by Crippen LogP contribution is -2.41. The molecule has 5 nitrogen and oxygen atoms in total. The number of amides is 1. The quantitative estimate of drug-likeness (QED) is 0.722. The number of methoxy groups -OCH3 is 1. The molecule has 0 saturated heterocycles. The molecule has 104 valence electrons. The number of rotatable bonds is 6. The largest absolute Gasteiger partial charge is 0.480 e. The van der Waals surface area contributed by atoms with Gasteiger partial charge in [0.15, 0.2) is 0 Å². The third-order valence-corrected chi connectivity index (χ3v) is 3.97. The molecule has 19 heavy (non-hydrogen) atoms. The molecule has 0 aliphatic carbocycles. The molecule has 1 aromatic rings. The van der Waals surface area contributed by atoms with Crippen molar-refractivity contribution in [2.45, 2.75) is 12.5 Å². The van der Waals surface area contributed by atoms with Crippen LogP contribution >= 0.6 is 34.2 Å². The number of nitrogens with one attached hydrogen (secondary N) is 1. The maximum absolute atomic E-state index is 11.9. The van der Waals surface area contributed by atoms with Crippen LogP contribution in [0.2, 0.25) is 5.02 Å². The Balaban J connectivity index is 2.75. The molecule has 0 spiro atoms. The summed E-state index contributed by atoms with van der Waals surface area (Å²) in [4.78, 5) is 22.9. The Hall–Kier alpha value is -0.860. The standard InChI is InChI=1S/C12H13ClINO4/c1-19-5-4-10(12(17)18)15-11(16)7-2-3-9(14)8(13)6-7/h2-3,6,10H,4-5H2,1H3,(H,15,16)(H,17,18). The van der Waals surface area contributed by atoms with Crippen LogP contribution in [0.25, 0.3) is 0 Å². The Morgan fingerprint density at radius 3 is 2.74 bits per heavy atom. The number of benzene rings is 1. The first-order valence-corrected chi connectivity index (χ1v) is 6.89. The van der Waals surface area contributed by atoms with Crippen molar-refractivity contribution in [1.29, 1.82) is 0 Å². The van der Waals surface area contributed by atoms with Gasteiger partial charge in [-0.05, 0) is 40.8 Å². The highest BCUT2D eigenvalue weighted by atomic mass is 127. The van der Waals surface area contributed by atoms with Crippen LogP contribution in [0.15, 0.2) is 18.2 Å². The normalized spacial score (nSPS) is 11.9. The third-order valence-electron chi connectivity index (χ3n) is 2.40. The lowest BCUT2D eigenvalue weighted by atomic mass is 10.1. The Morgan fingerprint density at radius 2 is 2.21 bits per heavy atom. The van der Waals surface area contributed by atoms with Gasteiger partial charge in [-0.2, -0.15) is 0 Å². The van der Waals surface area contributed by atoms with E-state index in [2.05, 4.69) is 5.32 Å². The zero-order valence-electron chi connectivity index (χ0n) is 10.2. The van der Waals surface area contributed by atoms with Crippen LogP contribution in [-0.2, 0) is 9.53 Å². The molecular formula is C12H13ClINO4. The van der Waals surface area contributed by atoms with Crippen molar-refractivity contribution in [2.75, 3.05) is 13.7 Å². The smallest absolute Gasteiger partial charge is 0.326 e. The Bertz CT molecular complexity index is 481. The van der Waals surface area contributed by atoms with Crippen LogP contribution in [0.5, 0.6) is 0 Å². The molecule has 1 amide bonds. The predicted octanol–water partition coefficient (Wildman–Crippen LogP) is 2.16. The van der Waals surface area contributed by atoms with Crippen molar-refractivity contribution in [3.8, 4) is 0 Å². The number of aliphatic carboxylic acids is 1. The van der Waals surface area contributed by atoms with Gasteiger partial charge >= 0.3 is 5.97 Å². The number of carboxylic acid groups (broad SMARTS) is 1. The lowest BCUT2D eigenvalue weighted by Gasteiger charge is -2.14. The monoisotopic (exact) mass is 397 g/mol. The second kappa shape index (κ2) is 7.66. The van der Waals surface area contributed by atoms with Crippen LogP contribution in [0.1, 0.15) is 16.8 Å². The molecule has 1 unspecified atom stereocenters. The maximum atomic E-state index is 11.9.